The minimum atomic E-state index is -0.893. The maximum Gasteiger partial charge on any atom is 0.410 e. The van der Waals surface area contributed by atoms with Crippen molar-refractivity contribution in [1.82, 2.24) is 14.9 Å². The number of hydrogen-bond acceptors (Lipinski definition) is 8. The van der Waals surface area contributed by atoms with Gasteiger partial charge in [0, 0.05) is 29.9 Å². The highest BCUT2D eigenvalue weighted by Gasteiger charge is 2.54. The molecule has 1 aromatic carbocycles. The van der Waals surface area contributed by atoms with Gasteiger partial charge in [-0.1, -0.05) is 11.6 Å². The smallest absolute Gasteiger partial charge is 0.410 e. The third-order valence-corrected chi connectivity index (χ3v) is 7.23. The van der Waals surface area contributed by atoms with E-state index in [-0.39, 0.29) is 46.6 Å². The first kappa shape index (κ1) is 23.6. The van der Waals surface area contributed by atoms with Gasteiger partial charge in [0.1, 0.15) is 29.3 Å². The summed E-state index contributed by atoms with van der Waals surface area (Å²) in [5, 5.41) is 9.68. The van der Waals surface area contributed by atoms with E-state index in [2.05, 4.69) is 9.97 Å². The third-order valence-electron chi connectivity index (χ3n) is 7.00. The lowest BCUT2D eigenvalue weighted by Crippen LogP contribution is -2.65. The molecule has 1 saturated carbocycles. The van der Waals surface area contributed by atoms with Gasteiger partial charge in [-0.2, -0.15) is 19.6 Å². The SMILES string of the molecule is CC1(OC(=O)N2CC3COCC(C2)C3(C)Oc2ncnc(Oc3ccc(Cl)cc3C#N)c2F)CC1. The van der Waals surface area contributed by atoms with E-state index in [1.165, 1.54) is 18.2 Å². The van der Waals surface area contributed by atoms with Gasteiger partial charge >= 0.3 is 6.09 Å². The van der Waals surface area contributed by atoms with Crippen LogP contribution in [0.4, 0.5) is 9.18 Å². The normalized spacial score (nSPS) is 26.4. The van der Waals surface area contributed by atoms with Gasteiger partial charge in [-0.25, -0.2) is 4.79 Å². The number of nitrogens with zero attached hydrogens (tertiary/aromatic N) is 4. The molecule has 1 amide bonds. The molecule has 2 unspecified atom stereocenters. The number of hydrogen-bond donors (Lipinski definition) is 0. The Kier molecular flexibility index (Phi) is 5.93. The molecule has 0 spiro atoms. The summed E-state index contributed by atoms with van der Waals surface area (Å²) in [4.78, 5) is 22.2. The molecule has 2 aromatic rings. The molecule has 2 bridgehead atoms. The van der Waals surface area contributed by atoms with Crippen molar-refractivity contribution in [3.8, 4) is 23.6 Å². The van der Waals surface area contributed by atoms with E-state index in [0.717, 1.165) is 19.2 Å². The highest BCUT2D eigenvalue weighted by Crippen LogP contribution is 2.43. The number of carbonyl (C=O) groups excluding carboxylic acids is 1. The number of ether oxygens (including phenoxy) is 4. The van der Waals surface area contributed by atoms with E-state index in [1.54, 1.807) is 4.90 Å². The molecule has 0 radical (unpaired) electrons. The molecule has 5 rings (SSSR count). The number of carbonyl (C=O) groups is 1. The zero-order valence-corrected chi connectivity index (χ0v) is 20.0. The molecule has 3 heterocycles. The lowest BCUT2D eigenvalue weighted by Gasteiger charge is -2.52. The van der Waals surface area contributed by atoms with Gasteiger partial charge in [0.05, 0.1) is 18.8 Å². The Morgan fingerprint density at radius 2 is 1.91 bits per heavy atom. The summed E-state index contributed by atoms with van der Waals surface area (Å²) in [5.74, 6) is -1.89. The monoisotopic (exact) mass is 502 g/mol. The Hall–Kier alpha value is -3.16. The first-order valence-electron chi connectivity index (χ1n) is 11.3. The fourth-order valence-electron chi connectivity index (χ4n) is 4.43. The number of nitriles is 1. The van der Waals surface area contributed by atoms with Crippen molar-refractivity contribution in [2.24, 2.45) is 11.8 Å². The highest BCUT2D eigenvalue weighted by molar-refractivity contribution is 6.30. The second kappa shape index (κ2) is 8.81. The molecule has 11 heteroatoms. The van der Waals surface area contributed by atoms with Crippen LogP contribution in [0.1, 0.15) is 32.3 Å². The summed E-state index contributed by atoms with van der Waals surface area (Å²) >= 11 is 5.92. The minimum absolute atomic E-state index is 0.105. The van der Waals surface area contributed by atoms with Crippen molar-refractivity contribution in [3.05, 3.63) is 40.9 Å². The summed E-state index contributed by atoms with van der Waals surface area (Å²) in [6, 6.07) is 6.36. The Bertz CT molecular complexity index is 1190. The number of benzene rings is 1. The van der Waals surface area contributed by atoms with E-state index < -0.39 is 11.4 Å². The van der Waals surface area contributed by atoms with Crippen molar-refractivity contribution in [2.75, 3.05) is 26.3 Å². The maximum atomic E-state index is 15.4. The van der Waals surface area contributed by atoms with Crippen LogP contribution in [0.5, 0.6) is 17.5 Å². The van der Waals surface area contributed by atoms with Gasteiger partial charge in [-0.15, -0.1) is 0 Å². The predicted molar refractivity (Wildman–Crippen MR) is 121 cm³/mol. The van der Waals surface area contributed by atoms with Crippen molar-refractivity contribution < 1.29 is 28.1 Å². The second-order valence-corrected chi connectivity index (χ2v) is 10.0. The number of rotatable bonds is 5. The molecule has 2 aliphatic heterocycles. The van der Waals surface area contributed by atoms with Crippen molar-refractivity contribution in [2.45, 2.75) is 37.9 Å². The first-order chi connectivity index (χ1) is 16.7. The van der Waals surface area contributed by atoms with Crippen molar-refractivity contribution in [1.29, 1.82) is 5.26 Å². The lowest BCUT2D eigenvalue weighted by molar-refractivity contribution is -0.167. The first-order valence-corrected chi connectivity index (χ1v) is 11.7. The molecule has 184 valence electrons. The number of likely N-dealkylation sites (tertiary alicyclic amines) is 1. The molecular formula is C24H24ClFN4O5. The van der Waals surface area contributed by atoms with Crippen LogP contribution in [0.2, 0.25) is 5.02 Å². The fourth-order valence-corrected chi connectivity index (χ4v) is 4.60. The minimum Gasteiger partial charge on any atom is -0.468 e. The molecule has 3 aliphatic rings. The molecule has 35 heavy (non-hydrogen) atoms. The Morgan fingerprint density at radius 3 is 2.57 bits per heavy atom. The third kappa shape index (κ3) is 4.58. The zero-order valence-electron chi connectivity index (χ0n) is 19.3. The summed E-state index contributed by atoms with van der Waals surface area (Å²) in [6.07, 6.45) is 2.53. The second-order valence-electron chi connectivity index (χ2n) is 9.59. The van der Waals surface area contributed by atoms with Gasteiger partial charge in [-0.3, -0.25) is 0 Å². The largest absolute Gasteiger partial charge is 0.468 e. The molecule has 1 aliphatic carbocycles. The lowest BCUT2D eigenvalue weighted by atomic mass is 9.73. The van der Waals surface area contributed by atoms with Crippen LogP contribution in [-0.4, -0.2) is 58.5 Å². The van der Waals surface area contributed by atoms with Crippen LogP contribution in [-0.2, 0) is 9.47 Å². The van der Waals surface area contributed by atoms with Crippen LogP contribution >= 0.6 is 11.6 Å². The average molecular weight is 503 g/mol. The van der Waals surface area contributed by atoms with Gasteiger partial charge in [0.25, 0.3) is 11.8 Å². The van der Waals surface area contributed by atoms with E-state index >= 15 is 4.39 Å². The summed E-state index contributed by atoms with van der Waals surface area (Å²) in [6.45, 7) is 5.21. The predicted octanol–water partition coefficient (Wildman–Crippen LogP) is 4.34. The molecule has 1 aromatic heterocycles. The van der Waals surface area contributed by atoms with Gasteiger partial charge in [0.15, 0.2) is 0 Å². The van der Waals surface area contributed by atoms with Gasteiger partial charge in [0.2, 0.25) is 5.82 Å². The molecule has 3 fully saturated rings. The zero-order chi connectivity index (χ0) is 24.8. The van der Waals surface area contributed by atoms with E-state index in [9.17, 15) is 10.1 Å². The number of halogens is 2. The average Bonchev–Trinajstić information content (AvgIpc) is 3.53. The van der Waals surface area contributed by atoms with E-state index in [1.807, 2.05) is 19.9 Å². The van der Waals surface area contributed by atoms with Crippen LogP contribution < -0.4 is 9.47 Å². The number of amides is 1. The number of fused-ring (bicyclic) bond motifs is 2. The molecule has 2 atom stereocenters. The standard InChI is InChI=1S/C24H24ClFN4O5/c1-23(5-6-23)35-22(31)30-9-15-11-32-12-16(10-30)24(15,2)34-21-19(26)20(28-13-29-21)33-18-4-3-17(25)7-14(18)8-27/h3-4,7,13,15-16H,5-6,9-12H2,1-2H3. The molecular weight excluding hydrogens is 479 g/mol. The number of aromatic nitrogens is 2. The van der Waals surface area contributed by atoms with Gasteiger partial charge in [-0.05, 0) is 44.9 Å². The highest BCUT2D eigenvalue weighted by atomic mass is 35.5. The maximum absolute atomic E-state index is 15.4. The summed E-state index contributed by atoms with van der Waals surface area (Å²) in [7, 11) is 0. The number of piperidine rings is 1. The van der Waals surface area contributed by atoms with Crippen molar-refractivity contribution >= 4 is 17.7 Å². The fraction of sp³-hybridized carbons (Fsp3) is 0.500. The molecule has 0 N–H and O–H groups in total. The van der Waals surface area contributed by atoms with Crippen LogP contribution in [0, 0.1) is 29.0 Å². The summed E-state index contributed by atoms with van der Waals surface area (Å²) < 4.78 is 38.5. The quantitative estimate of drug-likeness (QED) is 0.594. The van der Waals surface area contributed by atoms with E-state index in [4.69, 9.17) is 30.5 Å². The van der Waals surface area contributed by atoms with Crippen LogP contribution in [0.15, 0.2) is 24.5 Å². The van der Waals surface area contributed by atoms with Crippen LogP contribution in [0.25, 0.3) is 0 Å². The van der Waals surface area contributed by atoms with Gasteiger partial charge < -0.3 is 23.8 Å². The van der Waals surface area contributed by atoms with Crippen LogP contribution in [0.3, 0.4) is 0 Å². The molecule has 9 nitrogen and oxygen atoms in total. The van der Waals surface area contributed by atoms with Crippen molar-refractivity contribution in [3.63, 3.8) is 0 Å². The van der Waals surface area contributed by atoms with E-state index in [0.29, 0.717) is 31.3 Å². The Balaban J connectivity index is 1.35. The summed E-state index contributed by atoms with van der Waals surface area (Å²) in [5.41, 5.74) is -1.07. The Labute approximate surface area is 206 Å². The Morgan fingerprint density at radius 1 is 1.23 bits per heavy atom. The topological polar surface area (TPSA) is 107 Å². The molecule has 2 saturated heterocycles.